The number of carboxylic acids is 1. The zero-order valence-electron chi connectivity index (χ0n) is 18.6. The predicted octanol–water partition coefficient (Wildman–Crippen LogP) is -0.484. The third kappa shape index (κ3) is 9.23. The third-order valence-electron chi connectivity index (χ3n) is 4.99. The molecule has 4 N–H and O–H groups in total. The van der Waals surface area contributed by atoms with E-state index < -0.39 is 30.4 Å². The number of nitrogens with one attached hydrogen (secondary N) is 3. The van der Waals surface area contributed by atoms with Gasteiger partial charge < -0.3 is 21.1 Å². The summed E-state index contributed by atoms with van der Waals surface area (Å²) < 4.78 is 0. The second-order valence-electron chi connectivity index (χ2n) is 7.67. The molecule has 0 spiro atoms. The van der Waals surface area contributed by atoms with E-state index in [4.69, 9.17) is 0 Å². The van der Waals surface area contributed by atoms with Crippen LogP contribution in [0.5, 0.6) is 0 Å². The Labute approximate surface area is 196 Å². The Morgan fingerprint density at radius 3 is 2.09 bits per heavy atom. The summed E-state index contributed by atoms with van der Waals surface area (Å²) in [5.74, 6) is -3.45. The number of carboxylic acid groups (broad SMARTS) is 1. The molecular formula is C23H28N4O7. The summed E-state index contributed by atoms with van der Waals surface area (Å²) >= 11 is 0. The molecule has 182 valence electrons. The minimum atomic E-state index is -1.19. The summed E-state index contributed by atoms with van der Waals surface area (Å²) in [7, 11) is 0. The minimum absolute atomic E-state index is 0.105. The Bertz CT molecular complexity index is 928. The van der Waals surface area contributed by atoms with Gasteiger partial charge in [-0.25, -0.2) is 4.79 Å². The number of nitrogens with zero attached hydrogens (tertiary/aromatic N) is 1. The molecule has 0 aliphatic carbocycles. The van der Waals surface area contributed by atoms with E-state index in [9.17, 15) is 33.9 Å². The second-order valence-corrected chi connectivity index (χ2v) is 7.67. The van der Waals surface area contributed by atoms with E-state index in [2.05, 4.69) is 16.0 Å². The van der Waals surface area contributed by atoms with Gasteiger partial charge in [-0.1, -0.05) is 36.8 Å². The highest BCUT2D eigenvalue weighted by molar-refractivity contribution is 6.12. The molecule has 1 aliphatic rings. The molecule has 0 bridgehead atoms. The lowest BCUT2D eigenvalue weighted by Gasteiger charge is -2.15. The van der Waals surface area contributed by atoms with Gasteiger partial charge in [0.25, 0.3) is 11.8 Å². The Hall–Kier alpha value is -4.02. The average molecular weight is 472 g/mol. The SMILES string of the molecule is O=C(CCCCCN1C(=O)C=CC1=O)NCC(=O)NCC(=O)N[C@@H](Cc1ccccc1)C(=O)O. The summed E-state index contributed by atoms with van der Waals surface area (Å²) in [4.78, 5) is 71.1. The van der Waals surface area contributed by atoms with Crippen LogP contribution < -0.4 is 16.0 Å². The van der Waals surface area contributed by atoms with Crippen LogP contribution in [0.3, 0.4) is 0 Å². The molecule has 0 fully saturated rings. The van der Waals surface area contributed by atoms with Crippen molar-refractivity contribution >= 4 is 35.5 Å². The number of hydrogen-bond donors (Lipinski definition) is 4. The van der Waals surface area contributed by atoms with Crippen LogP contribution in [0.4, 0.5) is 0 Å². The number of carbonyl (C=O) groups is 6. The van der Waals surface area contributed by atoms with Gasteiger partial charge >= 0.3 is 5.97 Å². The molecule has 1 heterocycles. The zero-order chi connectivity index (χ0) is 24.9. The van der Waals surface area contributed by atoms with Crippen molar-refractivity contribution in [2.75, 3.05) is 19.6 Å². The van der Waals surface area contributed by atoms with Gasteiger partial charge in [-0.3, -0.25) is 28.9 Å². The fourth-order valence-corrected chi connectivity index (χ4v) is 3.19. The van der Waals surface area contributed by atoms with Gasteiger partial charge in [0.15, 0.2) is 0 Å². The number of imide groups is 1. The van der Waals surface area contributed by atoms with Crippen molar-refractivity contribution in [2.24, 2.45) is 0 Å². The molecule has 0 radical (unpaired) electrons. The first-order valence-electron chi connectivity index (χ1n) is 10.9. The fraction of sp³-hybridized carbons (Fsp3) is 0.391. The fourth-order valence-electron chi connectivity index (χ4n) is 3.19. The molecule has 11 nitrogen and oxygen atoms in total. The Morgan fingerprint density at radius 1 is 0.824 bits per heavy atom. The first kappa shape index (κ1) is 26.2. The lowest BCUT2D eigenvalue weighted by molar-refractivity contribution is -0.141. The van der Waals surface area contributed by atoms with Crippen LogP contribution in [-0.4, -0.2) is 71.2 Å². The lowest BCUT2D eigenvalue weighted by atomic mass is 10.1. The van der Waals surface area contributed by atoms with Crippen molar-refractivity contribution in [3.63, 3.8) is 0 Å². The average Bonchev–Trinajstić information content (AvgIpc) is 3.13. The smallest absolute Gasteiger partial charge is 0.326 e. The predicted molar refractivity (Wildman–Crippen MR) is 120 cm³/mol. The van der Waals surface area contributed by atoms with E-state index in [1.165, 1.54) is 12.2 Å². The monoisotopic (exact) mass is 472 g/mol. The van der Waals surface area contributed by atoms with Gasteiger partial charge in [-0.2, -0.15) is 0 Å². The lowest BCUT2D eigenvalue weighted by Crippen LogP contribution is -2.47. The van der Waals surface area contributed by atoms with Gasteiger partial charge in [0.05, 0.1) is 13.1 Å². The molecule has 1 aliphatic heterocycles. The van der Waals surface area contributed by atoms with E-state index in [1.807, 2.05) is 0 Å². The van der Waals surface area contributed by atoms with Gasteiger partial charge in [0, 0.05) is 31.5 Å². The largest absolute Gasteiger partial charge is 0.480 e. The quantitative estimate of drug-likeness (QED) is 0.210. The maximum absolute atomic E-state index is 12.0. The van der Waals surface area contributed by atoms with Crippen molar-refractivity contribution in [2.45, 2.75) is 38.1 Å². The highest BCUT2D eigenvalue weighted by atomic mass is 16.4. The van der Waals surface area contributed by atoms with Crippen molar-refractivity contribution in [1.82, 2.24) is 20.9 Å². The van der Waals surface area contributed by atoms with Gasteiger partial charge in [-0.05, 0) is 18.4 Å². The van der Waals surface area contributed by atoms with Crippen LogP contribution >= 0.6 is 0 Å². The normalized spacial score (nSPS) is 13.5. The van der Waals surface area contributed by atoms with Crippen LogP contribution in [-0.2, 0) is 35.2 Å². The van der Waals surface area contributed by atoms with Gasteiger partial charge in [0.2, 0.25) is 17.7 Å². The molecule has 1 atom stereocenters. The molecule has 11 heteroatoms. The molecule has 0 saturated heterocycles. The molecule has 0 saturated carbocycles. The van der Waals surface area contributed by atoms with Crippen LogP contribution in [0.25, 0.3) is 0 Å². The van der Waals surface area contributed by atoms with E-state index >= 15 is 0 Å². The highest BCUT2D eigenvalue weighted by Gasteiger charge is 2.22. The van der Waals surface area contributed by atoms with E-state index in [0.29, 0.717) is 25.8 Å². The Kier molecular flexibility index (Phi) is 10.4. The second kappa shape index (κ2) is 13.5. The number of benzene rings is 1. The molecule has 1 aromatic rings. The number of amides is 5. The van der Waals surface area contributed by atoms with Gasteiger partial charge in [0.1, 0.15) is 6.04 Å². The van der Waals surface area contributed by atoms with E-state index in [-0.39, 0.29) is 37.1 Å². The highest BCUT2D eigenvalue weighted by Crippen LogP contribution is 2.07. The first-order valence-corrected chi connectivity index (χ1v) is 10.9. The Balaban J connectivity index is 1.57. The van der Waals surface area contributed by atoms with Crippen molar-refractivity contribution in [3.05, 3.63) is 48.0 Å². The molecule has 2 rings (SSSR count). The van der Waals surface area contributed by atoms with Crippen LogP contribution in [0.15, 0.2) is 42.5 Å². The maximum Gasteiger partial charge on any atom is 0.326 e. The molecule has 5 amide bonds. The Morgan fingerprint density at radius 2 is 1.44 bits per heavy atom. The van der Waals surface area contributed by atoms with Crippen LogP contribution in [0, 0.1) is 0 Å². The van der Waals surface area contributed by atoms with Crippen molar-refractivity contribution < 1.29 is 33.9 Å². The maximum atomic E-state index is 12.0. The molecule has 1 aromatic carbocycles. The van der Waals surface area contributed by atoms with Crippen LogP contribution in [0.2, 0.25) is 0 Å². The number of hydrogen-bond acceptors (Lipinski definition) is 6. The molecule has 34 heavy (non-hydrogen) atoms. The molecular weight excluding hydrogens is 444 g/mol. The van der Waals surface area contributed by atoms with Crippen molar-refractivity contribution in [1.29, 1.82) is 0 Å². The standard InChI is InChI=1S/C23H28N4O7/c28-18(9-5-2-6-12-27-21(31)10-11-22(27)32)24-14-19(29)25-15-20(30)26-17(23(33)34)13-16-7-3-1-4-8-16/h1,3-4,7-8,10-11,17H,2,5-6,9,12-15H2,(H,24,28)(H,25,29)(H,26,30)(H,33,34)/t17-/m0/s1. The first-order chi connectivity index (χ1) is 16.3. The number of carbonyl (C=O) groups excluding carboxylic acids is 5. The molecule has 0 unspecified atom stereocenters. The zero-order valence-corrected chi connectivity index (χ0v) is 18.6. The topological polar surface area (TPSA) is 162 Å². The number of aliphatic carboxylic acids is 1. The summed E-state index contributed by atoms with van der Waals surface area (Å²) in [5, 5.41) is 16.4. The van der Waals surface area contributed by atoms with Gasteiger partial charge in [-0.15, -0.1) is 0 Å². The van der Waals surface area contributed by atoms with E-state index in [1.54, 1.807) is 30.3 Å². The number of unbranched alkanes of at least 4 members (excludes halogenated alkanes) is 2. The van der Waals surface area contributed by atoms with Crippen molar-refractivity contribution in [3.8, 4) is 0 Å². The summed E-state index contributed by atoms with van der Waals surface area (Å²) in [6.07, 6.45) is 4.45. The summed E-state index contributed by atoms with van der Waals surface area (Å²) in [5.41, 5.74) is 0.747. The third-order valence-corrected chi connectivity index (χ3v) is 4.99. The summed E-state index contributed by atoms with van der Waals surface area (Å²) in [6.45, 7) is -0.443. The molecule has 0 aromatic heterocycles. The van der Waals surface area contributed by atoms with Crippen LogP contribution in [0.1, 0.15) is 31.2 Å². The van der Waals surface area contributed by atoms with E-state index in [0.717, 1.165) is 10.5 Å². The summed E-state index contributed by atoms with van der Waals surface area (Å²) in [6, 6.07) is 7.69. The minimum Gasteiger partial charge on any atom is -0.480 e. The number of rotatable bonds is 14.